The molecule has 0 rings (SSSR count). The summed E-state index contributed by atoms with van der Waals surface area (Å²) in [6, 6.07) is 0. The summed E-state index contributed by atoms with van der Waals surface area (Å²) in [5.74, 6) is -1.61. The number of hydrogen-bond donors (Lipinski definition) is 2. The van der Waals surface area contributed by atoms with Crippen LogP contribution in [0.1, 0.15) is 38.5 Å². The summed E-state index contributed by atoms with van der Waals surface area (Å²) in [7, 11) is -4.79. The molecule has 10 heteroatoms. The first-order valence-corrected chi connectivity index (χ1v) is 9.60. The van der Waals surface area contributed by atoms with Crippen molar-refractivity contribution in [2.75, 3.05) is 19.0 Å². The van der Waals surface area contributed by atoms with E-state index in [1.807, 2.05) is 0 Å². The Kier molecular flexibility index (Phi) is 16.4. The summed E-state index contributed by atoms with van der Waals surface area (Å²) in [4.78, 5) is 0. The fourth-order valence-corrected chi connectivity index (χ4v) is 2.40. The van der Waals surface area contributed by atoms with E-state index in [9.17, 15) is 30.4 Å². The third-order valence-corrected chi connectivity index (χ3v) is 3.88. The molecule has 0 aliphatic carbocycles. The lowest BCUT2D eigenvalue weighted by Gasteiger charge is -2.19. The lowest BCUT2D eigenvalue weighted by atomic mass is 10.0. The van der Waals surface area contributed by atoms with Gasteiger partial charge in [-0.3, -0.25) is 8.94 Å². The van der Waals surface area contributed by atoms with Gasteiger partial charge in [0, 0.05) is 6.54 Å². The molecule has 0 aliphatic heterocycles. The first kappa shape index (κ1) is 26.5. The number of halogens is 5. The van der Waals surface area contributed by atoms with Crippen molar-refractivity contribution in [2.45, 2.75) is 63.2 Å². The van der Waals surface area contributed by atoms with Crippen LogP contribution < -0.4 is 5.73 Å². The Labute approximate surface area is 146 Å². The molecule has 4 nitrogen and oxygen atoms in total. The van der Waals surface area contributed by atoms with Crippen LogP contribution in [0.4, 0.5) is 22.0 Å². The molecule has 0 saturated heterocycles. The van der Waals surface area contributed by atoms with Gasteiger partial charge in [0.2, 0.25) is 0 Å². The molecule has 4 atom stereocenters. The van der Waals surface area contributed by atoms with E-state index in [4.69, 9.17) is 10.3 Å². The van der Waals surface area contributed by atoms with Gasteiger partial charge in [0.15, 0.2) is 18.5 Å². The molecule has 0 fully saturated rings. The highest BCUT2D eigenvalue weighted by Gasteiger charge is 2.37. The number of unbranched alkanes of at least 4 members (excludes halogenated alkanes) is 4. The van der Waals surface area contributed by atoms with Crippen LogP contribution in [0.25, 0.3) is 0 Å². The Morgan fingerprint density at radius 2 is 1.40 bits per heavy atom. The summed E-state index contributed by atoms with van der Waals surface area (Å²) < 4.78 is 93.8. The average Bonchev–Trinajstić information content (AvgIpc) is 2.55. The highest BCUT2D eigenvalue weighted by atomic mass is 32.2. The molecule has 0 spiro atoms. The third-order valence-electron chi connectivity index (χ3n) is 3.15. The van der Waals surface area contributed by atoms with Crippen molar-refractivity contribution in [3.63, 3.8) is 0 Å². The van der Waals surface area contributed by atoms with Crippen molar-refractivity contribution >= 4 is 10.1 Å². The van der Waals surface area contributed by atoms with E-state index < -0.39 is 47.2 Å². The average molecular weight is 397 g/mol. The first-order valence-electron chi connectivity index (χ1n) is 7.99. The molecule has 0 saturated carbocycles. The number of nitrogens with two attached hydrogens (primary N) is 1. The van der Waals surface area contributed by atoms with Gasteiger partial charge in [-0.1, -0.05) is 31.8 Å². The molecule has 0 bridgehead atoms. The summed E-state index contributed by atoms with van der Waals surface area (Å²) in [6.07, 6.45) is -7.05. The van der Waals surface area contributed by atoms with Crippen LogP contribution in [0.3, 0.4) is 0 Å². The molecular weight excluding hydrogens is 369 g/mol. The van der Waals surface area contributed by atoms with Crippen LogP contribution in [-0.2, 0) is 10.1 Å². The first-order chi connectivity index (χ1) is 11.6. The lowest BCUT2D eigenvalue weighted by molar-refractivity contribution is 0.0354. The van der Waals surface area contributed by atoms with Crippen molar-refractivity contribution in [2.24, 2.45) is 5.73 Å². The normalized spacial score (nSPS) is 16.3. The smallest absolute Gasteiger partial charge is 0.267 e. The predicted octanol–water partition coefficient (Wildman–Crippen LogP) is 3.67. The minimum absolute atomic E-state index is 0.246. The summed E-state index contributed by atoms with van der Waals surface area (Å²) >= 11 is 0. The van der Waals surface area contributed by atoms with Crippen LogP contribution in [0, 0.1) is 0 Å². The molecule has 0 aromatic carbocycles. The molecule has 3 N–H and O–H groups in total. The summed E-state index contributed by atoms with van der Waals surface area (Å²) in [6.45, 7) is 3.50. The molecule has 0 aliphatic rings. The van der Waals surface area contributed by atoms with E-state index in [-0.39, 0.29) is 12.8 Å². The Hall–Kier alpha value is -0.740. The van der Waals surface area contributed by atoms with Crippen LogP contribution >= 0.6 is 0 Å². The standard InChI is InChI=1S/C12H21F5O3S.C3H7N/c13-7-5-3-1-2-4-6-9(14)11(16)12(17)10(15)8-21(18,19)20;1-2-3-4/h9-12H,1-8H2,(H,18,19,20);2H,1,3-4H2. The van der Waals surface area contributed by atoms with Gasteiger partial charge in [-0.2, -0.15) is 8.42 Å². The maximum absolute atomic E-state index is 13.4. The topological polar surface area (TPSA) is 80.4 Å². The zero-order chi connectivity index (χ0) is 19.9. The van der Waals surface area contributed by atoms with E-state index in [2.05, 4.69) is 6.58 Å². The Morgan fingerprint density at radius 1 is 0.960 bits per heavy atom. The monoisotopic (exact) mass is 397 g/mol. The van der Waals surface area contributed by atoms with Gasteiger partial charge in [0.05, 0.1) is 6.67 Å². The van der Waals surface area contributed by atoms with E-state index in [0.717, 1.165) is 0 Å². The zero-order valence-electron chi connectivity index (χ0n) is 14.1. The summed E-state index contributed by atoms with van der Waals surface area (Å²) in [5.41, 5.74) is 4.91. The van der Waals surface area contributed by atoms with Gasteiger partial charge in [-0.15, -0.1) is 6.58 Å². The zero-order valence-corrected chi connectivity index (χ0v) is 14.9. The van der Waals surface area contributed by atoms with Gasteiger partial charge < -0.3 is 5.73 Å². The van der Waals surface area contributed by atoms with Crippen molar-refractivity contribution in [1.82, 2.24) is 0 Å². The van der Waals surface area contributed by atoms with Gasteiger partial charge in [-0.05, 0) is 12.8 Å². The molecular formula is C15H28F5NO3S. The third kappa shape index (κ3) is 16.5. The van der Waals surface area contributed by atoms with Gasteiger partial charge in [0.1, 0.15) is 11.9 Å². The fourth-order valence-electron chi connectivity index (χ4n) is 1.82. The quantitative estimate of drug-likeness (QED) is 0.215. The number of alkyl halides is 5. The van der Waals surface area contributed by atoms with E-state index >= 15 is 0 Å². The highest BCUT2D eigenvalue weighted by molar-refractivity contribution is 7.85. The second-order valence-electron chi connectivity index (χ2n) is 5.44. The molecule has 25 heavy (non-hydrogen) atoms. The minimum Gasteiger partial charge on any atom is -0.327 e. The molecule has 0 radical (unpaired) electrons. The second kappa shape index (κ2) is 15.5. The second-order valence-corrected chi connectivity index (χ2v) is 6.94. The number of hydrogen-bond acceptors (Lipinski definition) is 3. The Morgan fingerprint density at radius 3 is 1.84 bits per heavy atom. The lowest BCUT2D eigenvalue weighted by Crippen LogP contribution is -2.38. The summed E-state index contributed by atoms with van der Waals surface area (Å²) in [5, 5.41) is 0. The van der Waals surface area contributed by atoms with Crippen LogP contribution in [0.2, 0.25) is 0 Å². The van der Waals surface area contributed by atoms with Crippen molar-refractivity contribution in [1.29, 1.82) is 0 Å². The molecule has 4 unspecified atom stereocenters. The van der Waals surface area contributed by atoms with Gasteiger partial charge in [0.25, 0.3) is 10.1 Å². The molecule has 0 aromatic rings. The molecule has 152 valence electrons. The van der Waals surface area contributed by atoms with Crippen LogP contribution in [0.15, 0.2) is 12.7 Å². The van der Waals surface area contributed by atoms with Crippen molar-refractivity contribution < 1.29 is 34.9 Å². The fraction of sp³-hybridized carbons (Fsp3) is 0.867. The van der Waals surface area contributed by atoms with Crippen LogP contribution in [0.5, 0.6) is 0 Å². The predicted molar refractivity (Wildman–Crippen MR) is 88.9 cm³/mol. The van der Waals surface area contributed by atoms with E-state index in [0.29, 0.717) is 32.2 Å². The van der Waals surface area contributed by atoms with Gasteiger partial charge in [-0.25, -0.2) is 17.6 Å². The van der Waals surface area contributed by atoms with E-state index in [1.165, 1.54) is 0 Å². The van der Waals surface area contributed by atoms with Crippen LogP contribution in [-0.4, -0.2) is 56.6 Å². The Bertz CT molecular complexity index is 425. The molecule has 0 amide bonds. The van der Waals surface area contributed by atoms with E-state index in [1.54, 1.807) is 6.08 Å². The largest absolute Gasteiger partial charge is 0.327 e. The van der Waals surface area contributed by atoms with Gasteiger partial charge >= 0.3 is 0 Å². The molecule has 0 heterocycles. The maximum atomic E-state index is 13.4. The molecule has 0 aromatic heterocycles. The SMILES string of the molecule is C=CCN.O=S(=O)(O)CC(F)C(F)C(F)C(F)CCCCCCCF. The maximum Gasteiger partial charge on any atom is 0.267 e. The Balaban J connectivity index is 0. The van der Waals surface area contributed by atoms with Crippen molar-refractivity contribution in [3.05, 3.63) is 12.7 Å². The van der Waals surface area contributed by atoms with Crippen molar-refractivity contribution in [3.8, 4) is 0 Å². The highest BCUT2D eigenvalue weighted by Crippen LogP contribution is 2.22. The number of rotatable bonds is 13. The minimum atomic E-state index is -4.79.